The molecule has 0 radical (unpaired) electrons. The van der Waals surface area contributed by atoms with Gasteiger partial charge in [-0.2, -0.15) is 0 Å². The van der Waals surface area contributed by atoms with Gasteiger partial charge in [0.15, 0.2) is 0 Å². The number of benzene rings is 2. The van der Waals surface area contributed by atoms with Crippen LogP contribution in [0, 0.1) is 0 Å². The maximum Gasteiger partial charge on any atom is 0.305 e. The predicted molar refractivity (Wildman–Crippen MR) is 110 cm³/mol. The van der Waals surface area contributed by atoms with Crippen LogP contribution in [0.1, 0.15) is 36.3 Å². The molecule has 0 amide bonds. The smallest absolute Gasteiger partial charge is 0.305 e. The molecule has 0 bridgehead atoms. The van der Waals surface area contributed by atoms with E-state index in [9.17, 15) is 25.2 Å². The van der Waals surface area contributed by atoms with Crippen molar-refractivity contribution < 1.29 is 35.1 Å². The number of aliphatic hydroxyl groups is 5. The molecular weight excluding hydrogens is 388 g/mol. The van der Waals surface area contributed by atoms with Crippen LogP contribution in [0.25, 0.3) is 11.1 Å². The average Bonchev–Trinajstić information content (AvgIpc) is 3.09. The number of hydrogen-bond acceptors (Lipinski definition) is 7. The number of ether oxygens (including phenoxy) is 1. The lowest BCUT2D eigenvalue weighted by Crippen LogP contribution is -2.45. The summed E-state index contributed by atoms with van der Waals surface area (Å²) in [4.78, 5) is 12.2. The summed E-state index contributed by atoms with van der Waals surface area (Å²) in [7, 11) is 0. The van der Waals surface area contributed by atoms with Gasteiger partial charge in [-0.3, -0.25) is 4.79 Å². The summed E-state index contributed by atoms with van der Waals surface area (Å²) in [6.07, 6.45) is -5.82. The Labute approximate surface area is 175 Å². The molecule has 4 atom stereocenters. The summed E-state index contributed by atoms with van der Waals surface area (Å²) in [6.45, 7) is -0.510. The zero-order valence-corrected chi connectivity index (χ0v) is 16.6. The summed E-state index contributed by atoms with van der Waals surface area (Å²) in [6, 6.07) is 16.1. The van der Waals surface area contributed by atoms with Crippen LogP contribution in [0.3, 0.4) is 0 Å². The minimum atomic E-state index is -1.67. The third kappa shape index (κ3) is 4.88. The molecule has 1 aliphatic rings. The van der Waals surface area contributed by atoms with Crippen molar-refractivity contribution in [3.8, 4) is 11.1 Å². The molecule has 0 aliphatic heterocycles. The van der Waals surface area contributed by atoms with Gasteiger partial charge in [0.2, 0.25) is 0 Å². The lowest BCUT2D eigenvalue weighted by Gasteiger charge is -2.25. The molecule has 3 rings (SSSR count). The summed E-state index contributed by atoms with van der Waals surface area (Å²) in [5.74, 6) is -0.432. The molecule has 0 saturated heterocycles. The number of carbonyl (C=O) groups excluding carboxylic acids is 1. The van der Waals surface area contributed by atoms with Gasteiger partial charge in [0.25, 0.3) is 0 Å². The van der Waals surface area contributed by atoms with E-state index in [1.54, 1.807) is 0 Å². The van der Waals surface area contributed by atoms with Crippen LogP contribution in [0.4, 0.5) is 0 Å². The van der Waals surface area contributed by atoms with E-state index in [4.69, 9.17) is 9.84 Å². The maximum absolute atomic E-state index is 12.2. The van der Waals surface area contributed by atoms with Gasteiger partial charge in [0.05, 0.1) is 12.7 Å². The molecule has 0 unspecified atom stereocenters. The summed E-state index contributed by atoms with van der Waals surface area (Å²) >= 11 is 0. The van der Waals surface area contributed by atoms with Crippen molar-refractivity contribution in [2.45, 2.75) is 49.6 Å². The van der Waals surface area contributed by atoms with Gasteiger partial charge >= 0.3 is 5.97 Å². The predicted octanol–water partition coefficient (Wildman–Crippen LogP) is 0.948. The van der Waals surface area contributed by atoms with Gasteiger partial charge in [0, 0.05) is 12.3 Å². The quantitative estimate of drug-likeness (QED) is 0.365. The highest BCUT2D eigenvalue weighted by Gasteiger charge is 2.30. The first kappa shape index (κ1) is 22.4. The van der Waals surface area contributed by atoms with E-state index in [0.717, 1.165) is 22.3 Å². The highest BCUT2D eigenvalue weighted by atomic mass is 16.5. The number of hydrogen-bond donors (Lipinski definition) is 5. The molecule has 0 fully saturated rings. The van der Waals surface area contributed by atoms with Crippen LogP contribution in [-0.2, 0) is 9.53 Å². The average molecular weight is 416 g/mol. The second-order valence-corrected chi connectivity index (χ2v) is 7.60. The van der Waals surface area contributed by atoms with Crippen LogP contribution in [0.5, 0.6) is 0 Å². The zero-order valence-electron chi connectivity index (χ0n) is 16.6. The molecule has 1 aliphatic carbocycles. The Morgan fingerprint density at radius 1 is 0.867 bits per heavy atom. The minimum Gasteiger partial charge on any atom is -0.465 e. The van der Waals surface area contributed by atoms with E-state index < -0.39 is 37.0 Å². The normalized spacial score (nSPS) is 17.0. The fourth-order valence-electron chi connectivity index (χ4n) is 3.88. The van der Waals surface area contributed by atoms with Crippen molar-refractivity contribution in [3.05, 3.63) is 59.7 Å². The van der Waals surface area contributed by atoms with Crippen molar-refractivity contribution >= 4 is 5.97 Å². The monoisotopic (exact) mass is 416 g/mol. The highest BCUT2D eigenvalue weighted by Crippen LogP contribution is 2.44. The molecule has 7 nitrogen and oxygen atoms in total. The first-order chi connectivity index (χ1) is 14.4. The summed E-state index contributed by atoms with van der Waals surface area (Å²) in [5, 5.41) is 47.4. The third-order valence-electron chi connectivity index (χ3n) is 5.58. The fraction of sp³-hybridized carbons (Fsp3) is 0.435. The molecule has 0 aromatic heterocycles. The Kier molecular flexibility index (Phi) is 7.58. The van der Waals surface area contributed by atoms with Crippen molar-refractivity contribution in [1.29, 1.82) is 0 Å². The largest absolute Gasteiger partial charge is 0.465 e. The van der Waals surface area contributed by atoms with E-state index in [0.29, 0.717) is 0 Å². The second-order valence-electron chi connectivity index (χ2n) is 7.60. The third-order valence-corrected chi connectivity index (χ3v) is 5.58. The van der Waals surface area contributed by atoms with Gasteiger partial charge in [-0.25, -0.2) is 0 Å². The van der Waals surface area contributed by atoms with Crippen LogP contribution < -0.4 is 0 Å². The SMILES string of the molecule is O=C(CCC[C@H](O)[C@@H](O)[C@H](O)[C@H](O)CO)OCC1c2ccccc2-c2ccccc21. The molecule has 30 heavy (non-hydrogen) atoms. The molecule has 2 aromatic rings. The zero-order chi connectivity index (χ0) is 21.7. The topological polar surface area (TPSA) is 127 Å². The number of aliphatic hydroxyl groups excluding tert-OH is 5. The van der Waals surface area contributed by atoms with Crippen LogP contribution >= 0.6 is 0 Å². The van der Waals surface area contributed by atoms with Crippen LogP contribution in [0.2, 0.25) is 0 Å². The van der Waals surface area contributed by atoms with Gasteiger partial charge in [-0.1, -0.05) is 48.5 Å². The molecule has 7 heteroatoms. The molecule has 0 saturated carbocycles. The molecule has 2 aromatic carbocycles. The van der Waals surface area contributed by atoms with E-state index >= 15 is 0 Å². The molecule has 5 N–H and O–H groups in total. The minimum absolute atomic E-state index is 0.0242. The maximum atomic E-state index is 12.2. The van der Waals surface area contributed by atoms with E-state index in [-0.39, 0.29) is 31.8 Å². The molecular formula is C23H28O7. The number of carbonyl (C=O) groups is 1. The fourth-order valence-corrected chi connectivity index (χ4v) is 3.88. The standard InChI is InChI=1S/C23H28O7/c24-12-20(26)23(29)22(28)19(25)10-5-11-21(27)30-13-18-16-8-3-1-6-14(16)15-7-2-4-9-17(15)18/h1-4,6-9,18-20,22-26,28-29H,5,10-13H2/t19-,20+,22+,23+/m0/s1. The first-order valence-electron chi connectivity index (χ1n) is 10.1. The highest BCUT2D eigenvalue weighted by molar-refractivity contribution is 5.79. The van der Waals surface area contributed by atoms with Gasteiger partial charge < -0.3 is 30.3 Å². The van der Waals surface area contributed by atoms with E-state index in [2.05, 4.69) is 12.1 Å². The van der Waals surface area contributed by atoms with Gasteiger partial charge in [-0.15, -0.1) is 0 Å². The Hall–Kier alpha value is -2.29. The summed E-state index contributed by atoms with van der Waals surface area (Å²) in [5.41, 5.74) is 4.55. The molecule has 0 spiro atoms. The number of fused-ring (bicyclic) bond motifs is 3. The molecule has 0 heterocycles. The number of esters is 1. The first-order valence-corrected chi connectivity index (χ1v) is 10.1. The lowest BCUT2D eigenvalue weighted by atomic mass is 9.98. The van der Waals surface area contributed by atoms with Crippen molar-refractivity contribution in [2.75, 3.05) is 13.2 Å². The van der Waals surface area contributed by atoms with E-state index in [1.165, 1.54) is 0 Å². The Morgan fingerprint density at radius 3 is 1.97 bits per heavy atom. The van der Waals surface area contributed by atoms with Crippen molar-refractivity contribution in [2.24, 2.45) is 0 Å². The Bertz CT molecular complexity index is 807. The van der Waals surface area contributed by atoms with Gasteiger partial charge in [0.1, 0.15) is 24.9 Å². The summed E-state index contributed by atoms with van der Waals surface area (Å²) < 4.78 is 5.48. The lowest BCUT2D eigenvalue weighted by molar-refractivity contribution is -0.144. The van der Waals surface area contributed by atoms with Crippen molar-refractivity contribution in [3.63, 3.8) is 0 Å². The Balaban J connectivity index is 1.49. The van der Waals surface area contributed by atoms with Crippen LogP contribution in [-0.4, -0.2) is 69.1 Å². The number of rotatable bonds is 10. The van der Waals surface area contributed by atoms with E-state index in [1.807, 2.05) is 36.4 Å². The molecule has 162 valence electrons. The second kappa shape index (κ2) is 10.1. The van der Waals surface area contributed by atoms with Crippen molar-refractivity contribution in [1.82, 2.24) is 0 Å². The van der Waals surface area contributed by atoms with Gasteiger partial charge in [-0.05, 0) is 35.1 Å². The Morgan fingerprint density at radius 2 is 1.40 bits per heavy atom. The van der Waals surface area contributed by atoms with Crippen LogP contribution in [0.15, 0.2) is 48.5 Å².